The number of amides is 1. The van der Waals surface area contributed by atoms with Gasteiger partial charge in [-0.25, -0.2) is 0 Å². The van der Waals surface area contributed by atoms with E-state index in [1.165, 1.54) is 0 Å². The summed E-state index contributed by atoms with van der Waals surface area (Å²) in [5, 5.41) is 0. The van der Waals surface area contributed by atoms with Gasteiger partial charge in [0.25, 0.3) is 5.91 Å². The summed E-state index contributed by atoms with van der Waals surface area (Å²) < 4.78 is 0. The van der Waals surface area contributed by atoms with E-state index in [9.17, 15) is 4.79 Å². The number of nitrogen functional groups attached to an aromatic ring is 1. The molecule has 4 N–H and O–H groups in total. The van der Waals surface area contributed by atoms with Gasteiger partial charge in [-0.2, -0.15) is 0 Å². The molecule has 0 heterocycles. The summed E-state index contributed by atoms with van der Waals surface area (Å²) in [7, 11) is 0. The zero-order chi connectivity index (χ0) is 20.9. The van der Waals surface area contributed by atoms with Crippen LogP contribution in [0, 0.1) is 0 Å². The van der Waals surface area contributed by atoms with Crippen LogP contribution in [0.2, 0.25) is 0 Å². The van der Waals surface area contributed by atoms with Crippen LogP contribution in [0.5, 0.6) is 0 Å². The Morgan fingerprint density at radius 2 is 0.933 bits per heavy atom. The Morgan fingerprint density at radius 3 is 1.33 bits per heavy atom. The van der Waals surface area contributed by atoms with Gasteiger partial charge in [0, 0.05) is 5.69 Å². The minimum absolute atomic E-state index is 0.321. The molecule has 0 fully saturated rings. The van der Waals surface area contributed by atoms with Gasteiger partial charge in [-0.05, 0) is 45.5 Å². The highest BCUT2D eigenvalue weighted by Crippen LogP contribution is 2.37. The van der Waals surface area contributed by atoms with Gasteiger partial charge in [-0.15, -0.1) is 0 Å². The predicted octanol–water partition coefficient (Wildman–Crippen LogP) is 5.38. The van der Waals surface area contributed by atoms with Crippen molar-refractivity contribution in [2.45, 2.75) is 0 Å². The number of primary amides is 1. The Labute approximate surface area is 176 Å². The van der Waals surface area contributed by atoms with Crippen LogP contribution < -0.4 is 11.5 Å². The Hall–Kier alpha value is -4.11. The fourth-order valence-electron chi connectivity index (χ4n) is 3.65. The largest absolute Gasteiger partial charge is 0.398 e. The Bertz CT molecular complexity index is 1160. The van der Waals surface area contributed by atoms with Gasteiger partial charge >= 0.3 is 0 Å². The standard InChI is InChI=1S/C27H22N2O/c28-24-17-16-22(18-23(24)27(29)30)26(21-14-8-3-9-15-21)25(19-10-4-1-5-11-19)20-12-6-2-7-13-20/h1-18H,28H2,(H2,29,30). The molecule has 0 atom stereocenters. The van der Waals surface area contributed by atoms with Crippen molar-refractivity contribution in [3.05, 3.63) is 137 Å². The van der Waals surface area contributed by atoms with E-state index in [-0.39, 0.29) is 0 Å². The maximum Gasteiger partial charge on any atom is 0.250 e. The second-order valence-corrected chi connectivity index (χ2v) is 7.01. The SMILES string of the molecule is NC(=O)c1cc(C(=C(c2ccccc2)c2ccccc2)c2ccccc2)ccc1N. The minimum atomic E-state index is -0.539. The molecule has 4 aromatic rings. The van der Waals surface area contributed by atoms with E-state index in [1.54, 1.807) is 12.1 Å². The number of anilines is 1. The Morgan fingerprint density at radius 1 is 0.533 bits per heavy atom. The van der Waals surface area contributed by atoms with Crippen molar-refractivity contribution in [3.63, 3.8) is 0 Å². The molecule has 146 valence electrons. The van der Waals surface area contributed by atoms with Crippen LogP contribution >= 0.6 is 0 Å². The quantitative estimate of drug-likeness (QED) is 0.355. The number of benzene rings is 4. The molecule has 0 unspecified atom stereocenters. The van der Waals surface area contributed by atoms with Crippen molar-refractivity contribution in [2.24, 2.45) is 5.73 Å². The van der Waals surface area contributed by atoms with E-state index in [2.05, 4.69) is 36.4 Å². The van der Waals surface area contributed by atoms with E-state index in [0.29, 0.717) is 11.3 Å². The molecular formula is C27H22N2O. The Balaban J connectivity index is 2.11. The molecule has 30 heavy (non-hydrogen) atoms. The lowest BCUT2D eigenvalue weighted by molar-refractivity contribution is 0.100. The molecule has 0 radical (unpaired) electrons. The van der Waals surface area contributed by atoms with Crippen LogP contribution in [0.15, 0.2) is 109 Å². The lowest BCUT2D eigenvalue weighted by atomic mass is 9.85. The highest BCUT2D eigenvalue weighted by Gasteiger charge is 2.17. The molecule has 4 rings (SSSR count). The van der Waals surface area contributed by atoms with E-state index in [1.807, 2.05) is 60.7 Å². The van der Waals surface area contributed by atoms with Crippen molar-refractivity contribution in [1.82, 2.24) is 0 Å². The normalized spacial score (nSPS) is 10.4. The van der Waals surface area contributed by atoms with Gasteiger partial charge in [-0.1, -0.05) is 97.1 Å². The van der Waals surface area contributed by atoms with Crippen molar-refractivity contribution in [1.29, 1.82) is 0 Å². The minimum Gasteiger partial charge on any atom is -0.398 e. The van der Waals surface area contributed by atoms with Crippen LogP contribution in [0.25, 0.3) is 11.1 Å². The fraction of sp³-hybridized carbons (Fsp3) is 0. The maximum atomic E-state index is 12.0. The summed E-state index contributed by atoms with van der Waals surface area (Å²) >= 11 is 0. The number of hydrogen-bond donors (Lipinski definition) is 2. The van der Waals surface area contributed by atoms with Gasteiger partial charge in [0.2, 0.25) is 0 Å². The molecule has 3 nitrogen and oxygen atoms in total. The molecule has 4 aromatic carbocycles. The molecule has 0 aliphatic carbocycles. The van der Waals surface area contributed by atoms with Gasteiger partial charge < -0.3 is 11.5 Å². The number of carbonyl (C=O) groups is 1. The summed E-state index contributed by atoms with van der Waals surface area (Å²) in [6.45, 7) is 0. The van der Waals surface area contributed by atoms with Crippen molar-refractivity contribution < 1.29 is 4.79 Å². The molecule has 0 saturated heterocycles. The van der Waals surface area contributed by atoms with Crippen LogP contribution in [-0.4, -0.2) is 5.91 Å². The predicted molar refractivity (Wildman–Crippen MR) is 124 cm³/mol. The number of carbonyl (C=O) groups excluding carboxylic acids is 1. The molecule has 0 spiro atoms. The van der Waals surface area contributed by atoms with E-state index < -0.39 is 5.91 Å². The third kappa shape index (κ3) is 3.87. The van der Waals surface area contributed by atoms with Gasteiger partial charge in [0.1, 0.15) is 0 Å². The fourth-order valence-corrected chi connectivity index (χ4v) is 3.65. The first-order valence-electron chi connectivity index (χ1n) is 9.75. The molecule has 0 aliphatic heterocycles. The summed E-state index contributed by atoms with van der Waals surface area (Å²) in [5.74, 6) is -0.539. The highest BCUT2D eigenvalue weighted by atomic mass is 16.1. The first-order chi connectivity index (χ1) is 14.6. The number of rotatable bonds is 5. The van der Waals surface area contributed by atoms with Gasteiger partial charge in [0.05, 0.1) is 5.56 Å². The van der Waals surface area contributed by atoms with Crippen molar-refractivity contribution in [3.8, 4) is 0 Å². The average Bonchev–Trinajstić information content (AvgIpc) is 2.79. The summed E-state index contributed by atoms with van der Waals surface area (Å²) in [6.07, 6.45) is 0. The van der Waals surface area contributed by atoms with E-state index in [4.69, 9.17) is 11.5 Å². The number of hydrogen-bond acceptors (Lipinski definition) is 2. The first-order valence-corrected chi connectivity index (χ1v) is 9.75. The van der Waals surface area contributed by atoms with Crippen molar-refractivity contribution >= 4 is 22.7 Å². The van der Waals surface area contributed by atoms with Crippen LogP contribution in [0.1, 0.15) is 32.6 Å². The summed E-state index contributed by atoms with van der Waals surface area (Å²) in [6, 6.07) is 36.1. The van der Waals surface area contributed by atoms with Crippen LogP contribution in [0.3, 0.4) is 0 Å². The Kier molecular flexibility index (Phi) is 5.44. The third-order valence-electron chi connectivity index (χ3n) is 5.04. The summed E-state index contributed by atoms with van der Waals surface area (Å²) in [5.41, 5.74) is 18.5. The van der Waals surface area contributed by atoms with Crippen LogP contribution in [0.4, 0.5) is 5.69 Å². The first kappa shape index (κ1) is 19.2. The molecule has 0 saturated carbocycles. The molecule has 3 heteroatoms. The highest BCUT2D eigenvalue weighted by molar-refractivity contribution is 6.06. The lowest BCUT2D eigenvalue weighted by Crippen LogP contribution is -2.14. The number of nitrogens with two attached hydrogens (primary N) is 2. The molecular weight excluding hydrogens is 368 g/mol. The van der Waals surface area contributed by atoms with E-state index in [0.717, 1.165) is 33.4 Å². The summed E-state index contributed by atoms with van der Waals surface area (Å²) in [4.78, 5) is 12.0. The zero-order valence-electron chi connectivity index (χ0n) is 16.5. The van der Waals surface area contributed by atoms with Crippen LogP contribution in [-0.2, 0) is 0 Å². The second-order valence-electron chi connectivity index (χ2n) is 7.01. The molecule has 0 bridgehead atoms. The molecule has 1 amide bonds. The monoisotopic (exact) mass is 390 g/mol. The van der Waals surface area contributed by atoms with E-state index >= 15 is 0 Å². The lowest BCUT2D eigenvalue weighted by Gasteiger charge is -2.19. The second kappa shape index (κ2) is 8.50. The van der Waals surface area contributed by atoms with Gasteiger partial charge in [-0.3, -0.25) is 4.79 Å². The smallest absolute Gasteiger partial charge is 0.250 e. The third-order valence-corrected chi connectivity index (χ3v) is 5.04. The topological polar surface area (TPSA) is 69.1 Å². The van der Waals surface area contributed by atoms with Crippen molar-refractivity contribution in [2.75, 3.05) is 5.73 Å². The van der Waals surface area contributed by atoms with Gasteiger partial charge in [0.15, 0.2) is 0 Å². The maximum absolute atomic E-state index is 12.0. The zero-order valence-corrected chi connectivity index (χ0v) is 16.5. The molecule has 0 aromatic heterocycles. The average molecular weight is 390 g/mol. The molecule has 0 aliphatic rings.